The summed E-state index contributed by atoms with van der Waals surface area (Å²) in [6.45, 7) is 0. The number of amides is 2. The Kier molecular flexibility index (Phi) is 3.34. The lowest BCUT2D eigenvalue weighted by Gasteiger charge is -2.42. The van der Waals surface area contributed by atoms with Gasteiger partial charge in [-0.25, -0.2) is 0 Å². The van der Waals surface area contributed by atoms with Crippen LogP contribution in [-0.4, -0.2) is 11.8 Å². The highest BCUT2D eigenvalue weighted by molar-refractivity contribution is 6.03. The Hall–Kier alpha value is -1.88. The Labute approximate surface area is 106 Å². The van der Waals surface area contributed by atoms with E-state index in [0.717, 1.165) is 25.7 Å². The van der Waals surface area contributed by atoms with E-state index in [4.69, 9.17) is 0 Å². The second-order valence-corrected chi connectivity index (χ2v) is 5.13. The van der Waals surface area contributed by atoms with Crippen molar-refractivity contribution >= 4 is 11.8 Å². The minimum absolute atomic E-state index is 0.532. The van der Waals surface area contributed by atoms with Crippen molar-refractivity contribution in [2.75, 3.05) is 0 Å². The first-order chi connectivity index (χ1) is 8.65. The first-order valence-electron chi connectivity index (χ1n) is 6.29. The normalized spacial score (nSPS) is 31.0. The van der Waals surface area contributed by atoms with Gasteiger partial charge in [-0.2, -0.15) is 10.5 Å². The SMILES string of the molecule is N#C[C@@H]1C(=O)NC(=O)[C@H](C#N)C12CCCCCC2. The van der Waals surface area contributed by atoms with Gasteiger partial charge in [-0.05, 0) is 12.8 Å². The number of nitriles is 2. The molecular weight excluding hydrogens is 230 g/mol. The first kappa shape index (κ1) is 12.6. The lowest BCUT2D eigenvalue weighted by molar-refractivity contribution is -0.145. The molecule has 1 aliphatic carbocycles. The molecule has 5 heteroatoms. The highest BCUT2D eigenvalue weighted by Crippen LogP contribution is 2.49. The van der Waals surface area contributed by atoms with Crippen molar-refractivity contribution in [2.24, 2.45) is 17.3 Å². The average Bonchev–Trinajstić information content (AvgIpc) is 2.56. The summed E-state index contributed by atoms with van der Waals surface area (Å²) in [5, 5.41) is 20.6. The molecule has 0 aromatic heterocycles. The predicted molar refractivity (Wildman–Crippen MR) is 61.5 cm³/mol. The lowest BCUT2D eigenvalue weighted by Crippen LogP contribution is -2.57. The van der Waals surface area contributed by atoms with Gasteiger partial charge in [-0.15, -0.1) is 0 Å². The maximum absolute atomic E-state index is 11.8. The fourth-order valence-corrected chi connectivity index (χ4v) is 3.29. The molecule has 1 spiro atoms. The van der Waals surface area contributed by atoms with Gasteiger partial charge >= 0.3 is 0 Å². The van der Waals surface area contributed by atoms with Gasteiger partial charge in [-0.1, -0.05) is 25.7 Å². The number of nitrogens with one attached hydrogen (secondary N) is 1. The quantitative estimate of drug-likeness (QED) is 0.650. The number of piperidine rings is 1. The molecule has 2 atom stereocenters. The minimum Gasteiger partial charge on any atom is -0.294 e. The standard InChI is InChI=1S/C13H15N3O2/c14-7-9-11(17)16-12(18)10(8-15)13(9)5-3-1-2-4-6-13/h9-10H,1-6H2,(H,16,17,18)/t9-,10+. The third kappa shape index (κ3) is 1.76. The number of carbonyl (C=O) groups excluding carboxylic acids is 2. The van der Waals surface area contributed by atoms with Crippen LogP contribution in [0.2, 0.25) is 0 Å². The Balaban J connectivity index is 2.46. The molecule has 1 saturated carbocycles. The van der Waals surface area contributed by atoms with E-state index >= 15 is 0 Å². The second-order valence-electron chi connectivity index (χ2n) is 5.13. The van der Waals surface area contributed by atoms with E-state index in [1.807, 2.05) is 12.1 Å². The molecule has 0 radical (unpaired) electrons. The van der Waals surface area contributed by atoms with Gasteiger partial charge in [0, 0.05) is 5.41 Å². The van der Waals surface area contributed by atoms with Crippen LogP contribution < -0.4 is 5.32 Å². The highest BCUT2D eigenvalue weighted by Gasteiger charge is 2.55. The fourth-order valence-electron chi connectivity index (χ4n) is 3.29. The van der Waals surface area contributed by atoms with E-state index in [9.17, 15) is 20.1 Å². The van der Waals surface area contributed by atoms with Crippen molar-refractivity contribution in [1.82, 2.24) is 5.32 Å². The van der Waals surface area contributed by atoms with Crippen LogP contribution in [0.5, 0.6) is 0 Å². The molecule has 1 aliphatic heterocycles. The van der Waals surface area contributed by atoms with Crippen molar-refractivity contribution in [1.29, 1.82) is 10.5 Å². The van der Waals surface area contributed by atoms with Crippen molar-refractivity contribution in [3.05, 3.63) is 0 Å². The number of hydrogen-bond donors (Lipinski definition) is 1. The maximum Gasteiger partial charge on any atom is 0.244 e. The third-order valence-electron chi connectivity index (χ3n) is 4.21. The fraction of sp³-hybridized carbons (Fsp3) is 0.692. The summed E-state index contributed by atoms with van der Waals surface area (Å²) in [5.74, 6) is -2.82. The summed E-state index contributed by atoms with van der Waals surface area (Å²) in [7, 11) is 0. The Morgan fingerprint density at radius 3 is 1.78 bits per heavy atom. The van der Waals surface area contributed by atoms with E-state index in [2.05, 4.69) is 5.32 Å². The van der Waals surface area contributed by atoms with Crippen LogP contribution >= 0.6 is 0 Å². The molecule has 0 aromatic rings. The average molecular weight is 245 g/mol. The molecule has 1 heterocycles. The van der Waals surface area contributed by atoms with Crippen LogP contribution in [0.1, 0.15) is 38.5 Å². The lowest BCUT2D eigenvalue weighted by atomic mass is 9.60. The van der Waals surface area contributed by atoms with E-state index in [1.54, 1.807) is 0 Å². The van der Waals surface area contributed by atoms with Crippen molar-refractivity contribution in [3.63, 3.8) is 0 Å². The Bertz CT molecular complexity index is 416. The molecule has 0 bridgehead atoms. The number of imide groups is 1. The van der Waals surface area contributed by atoms with E-state index in [0.29, 0.717) is 12.8 Å². The minimum atomic E-state index is -0.877. The Morgan fingerprint density at radius 1 is 0.944 bits per heavy atom. The summed E-state index contributed by atoms with van der Waals surface area (Å²) in [6.07, 6.45) is 5.04. The van der Waals surface area contributed by atoms with Gasteiger partial charge in [0.05, 0.1) is 12.1 Å². The summed E-state index contributed by atoms with van der Waals surface area (Å²) in [5.41, 5.74) is -0.764. The van der Waals surface area contributed by atoms with Gasteiger partial charge in [0.2, 0.25) is 11.8 Å². The molecule has 2 fully saturated rings. The van der Waals surface area contributed by atoms with Crippen LogP contribution in [0.25, 0.3) is 0 Å². The van der Waals surface area contributed by atoms with Gasteiger partial charge in [0.25, 0.3) is 0 Å². The summed E-state index contributed by atoms with van der Waals surface area (Å²) < 4.78 is 0. The van der Waals surface area contributed by atoms with Gasteiger partial charge in [-0.3, -0.25) is 14.9 Å². The van der Waals surface area contributed by atoms with E-state index in [-0.39, 0.29) is 0 Å². The van der Waals surface area contributed by atoms with Crippen molar-refractivity contribution < 1.29 is 9.59 Å². The molecule has 2 aliphatic rings. The van der Waals surface area contributed by atoms with Gasteiger partial charge < -0.3 is 0 Å². The maximum atomic E-state index is 11.8. The van der Waals surface area contributed by atoms with Crippen LogP contribution in [-0.2, 0) is 9.59 Å². The molecule has 0 aromatic carbocycles. The number of rotatable bonds is 0. The molecule has 1 saturated heterocycles. The van der Waals surface area contributed by atoms with Crippen LogP contribution in [0.4, 0.5) is 0 Å². The number of nitrogens with zero attached hydrogens (tertiary/aromatic N) is 2. The smallest absolute Gasteiger partial charge is 0.244 e. The first-order valence-corrected chi connectivity index (χ1v) is 6.29. The second kappa shape index (κ2) is 4.78. The monoisotopic (exact) mass is 245 g/mol. The third-order valence-corrected chi connectivity index (χ3v) is 4.21. The van der Waals surface area contributed by atoms with Crippen LogP contribution in [0.3, 0.4) is 0 Å². The zero-order chi connectivity index (χ0) is 13.2. The summed E-state index contributed by atoms with van der Waals surface area (Å²) in [6, 6.07) is 4.02. The zero-order valence-electron chi connectivity index (χ0n) is 10.1. The van der Waals surface area contributed by atoms with Crippen LogP contribution in [0, 0.1) is 39.9 Å². The molecule has 94 valence electrons. The summed E-state index contributed by atoms with van der Waals surface area (Å²) >= 11 is 0. The number of hydrogen-bond acceptors (Lipinski definition) is 4. The molecule has 18 heavy (non-hydrogen) atoms. The topological polar surface area (TPSA) is 93.8 Å². The van der Waals surface area contributed by atoms with E-state index in [1.165, 1.54) is 0 Å². The van der Waals surface area contributed by atoms with Crippen molar-refractivity contribution in [3.8, 4) is 12.1 Å². The zero-order valence-corrected chi connectivity index (χ0v) is 10.1. The Morgan fingerprint density at radius 2 is 1.39 bits per heavy atom. The van der Waals surface area contributed by atoms with E-state index < -0.39 is 29.1 Å². The highest BCUT2D eigenvalue weighted by atomic mass is 16.2. The largest absolute Gasteiger partial charge is 0.294 e. The van der Waals surface area contributed by atoms with Gasteiger partial charge in [0.15, 0.2) is 0 Å². The molecule has 2 rings (SSSR count). The van der Waals surface area contributed by atoms with Crippen LogP contribution in [0.15, 0.2) is 0 Å². The van der Waals surface area contributed by atoms with Gasteiger partial charge in [0.1, 0.15) is 11.8 Å². The molecule has 5 nitrogen and oxygen atoms in total. The molecule has 0 unspecified atom stereocenters. The predicted octanol–water partition coefficient (Wildman–Crippen LogP) is 1.26. The molecule has 1 N–H and O–H groups in total. The molecule has 2 amide bonds. The molecular formula is C13H15N3O2. The number of carbonyl (C=O) groups is 2. The summed E-state index contributed by atoms with van der Waals surface area (Å²) in [4.78, 5) is 23.6. The van der Waals surface area contributed by atoms with Crippen molar-refractivity contribution in [2.45, 2.75) is 38.5 Å².